The molecule has 1 aliphatic heterocycles. The monoisotopic (exact) mass is 310 g/mol. The summed E-state index contributed by atoms with van der Waals surface area (Å²) in [5.74, 6) is 0.186. The lowest BCUT2D eigenvalue weighted by atomic mass is 10.1. The fourth-order valence-electron chi connectivity index (χ4n) is 2.40. The van der Waals surface area contributed by atoms with Gasteiger partial charge in [-0.3, -0.25) is 4.79 Å². The summed E-state index contributed by atoms with van der Waals surface area (Å²) in [6, 6.07) is 0.295. The number of nitrogens with zero attached hydrogens (tertiary/aromatic N) is 1. The van der Waals surface area contributed by atoms with Crippen LogP contribution in [-0.2, 0) is 9.53 Å². The van der Waals surface area contributed by atoms with E-state index in [0.29, 0.717) is 25.0 Å². The van der Waals surface area contributed by atoms with Gasteiger partial charge in [-0.2, -0.15) is 13.2 Å². The van der Waals surface area contributed by atoms with Gasteiger partial charge in [0.15, 0.2) is 0 Å². The van der Waals surface area contributed by atoms with Gasteiger partial charge in [-0.05, 0) is 25.3 Å². The van der Waals surface area contributed by atoms with E-state index >= 15 is 0 Å². The van der Waals surface area contributed by atoms with Gasteiger partial charge in [-0.25, -0.2) is 0 Å². The van der Waals surface area contributed by atoms with Crippen molar-refractivity contribution < 1.29 is 22.7 Å². The molecule has 0 radical (unpaired) electrons. The average molecular weight is 310 g/mol. The Hall–Kier alpha value is -0.820. The Morgan fingerprint density at radius 3 is 2.67 bits per heavy atom. The molecule has 0 aliphatic carbocycles. The smallest absolute Gasteiger partial charge is 0.372 e. The topological polar surface area (TPSA) is 41.6 Å². The van der Waals surface area contributed by atoms with Gasteiger partial charge < -0.3 is 15.0 Å². The SMILES string of the molecule is CC(C)CN(CC1CCCN1)C(=O)CCOCC(F)(F)F. The number of halogens is 3. The molecule has 1 rings (SSSR count). The van der Waals surface area contributed by atoms with Gasteiger partial charge in [0, 0.05) is 19.1 Å². The Bertz CT molecular complexity index is 316. The van der Waals surface area contributed by atoms with Crippen LogP contribution in [0.3, 0.4) is 0 Å². The maximum Gasteiger partial charge on any atom is 0.411 e. The molecule has 1 aliphatic rings. The predicted octanol–water partition coefficient (Wildman–Crippen LogP) is 2.19. The summed E-state index contributed by atoms with van der Waals surface area (Å²) in [5, 5.41) is 3.33. The minimum atomic E-state index is -4.34. The molecule has 0 aromatic rings. The molecule has 1 saturated heterocycles. The van der Waals surface area contributed by atoms with Crippen LogP contribution < -0.4 is 5.32 Å². The number of ether oxygens (including phenoxy) is 1. The molecule has 21 heavy (non-hydrogen) atoms. The number of carbonyl (C=O) groups excluding carboxylic acids is 1. The summed E-state index contributed by atoms with van der Waals surface area (Å²) in [5.41, 5.74) is 0. The Labute approximate surface area is 124 Å². The molecular formula is C14H25F3N2O2. The van der Waals surface area contributed by atoms with Crippen molar-refractivity contribution in [3.63, 3.8) is 0 Å². The van der Waals surface area contributed by atoms with Gasteiger partial charge in [-0.15, -0.1) is 0 Å². The van der Waals surface area contributed by atoms with Crippen LogP contribution in [0.1, 0.15) is 33.1 Å². The molecular weight excluding hydrogens is 285 g/mol. The summed E-state index contributed by atoms with van der Waals surface area (Å²) < 4.78 is 40.4. The highest BCUT2D eigenvalue weighted by Gasteiger charge is 2.28. The lowest BCUT2D eigenvalue weighted by molar-refractivity contribution is -0.175. The lowest BCUT2D eigenvalue weighted by Crippen LogP contribution is -2.43. The van der Waals surface area contributed by atoms with Crippen molar-refractivity contribution in [2.75, 3.05) is 32.8 Å². The second-order valence-corrected chi connectivity index (χ2v) is 5.90. The van der Waals surface area contributed by atoms with E-state index in [-0.39, 0.29) is 18.9 Å². The molecule has 124 valence electrons. The van der Waals surface area contributed by atoms with Gasteiger partial charge >= 0.3 is 6.18 Å². The van der Waals surface area contributed by atoms with Crippen LogP contribution in [0.2, 0.25) is 0 Å². The lowest BCUT2D eigenvalue weighted by Gasteiger charge is -2.27. The standard InChI is InChI=1S/C14H25F3N2O2/c1-11(2)8-19(9-12-4-3-6-18-12)13(20)5-7-21-10-14(15,16)17/h11-12,18H,3-10H2,1-2H3. The molecule has 0 saturated carbocycles. The summed E-state index contributed by atoms with van der Waals surface area (Å²) in [6.07, 6.45) is -2.21. The summed E-state index contributed by atoms with van der Waals surface area (Å²) >= 11 is 0. The molecule has 0 spiro atoms. The third kappa shape index (κ3) is 8.26. The summed E-state index contributed by atoms with van der Waals surface area (Å²) in [4.78, 5) is 13.9. The van der Waals surface area contributed by atoms with E-state index in [2.05, 4.69) is 10.1 Å². The highest BCUT2D eigenvalue weighted by molar-refractivity contribution is 5.76. The normalized spacial score (nSPS) is 19.2. The van der Waals surface area contributed by atoms with Gasteiger partial charge in [0.2, 0.25) is 5.91 Å². The van der Waals surface area contributed by atoms with Crippen LogP contribution in [0.25, 0.3) is 0 Å². The van der Waals surface area contributed by atoms with Crippen LogP contribution in [-0.4, -0.2) is 55.9 Å². The van der Waals surface area contributed by atoms with Crippen molar-refractivity contribution in [3.05, 3.63) is 0 Å². The van der Waals surface area contributed by atoms with Gasteiger partial charge in [0.05, 0.1) is 13.0 Å². The number of hydrogen-bond donors (Lipinski definition) is 1. The van der Waals surface area contributed by atoms with E-state index < -0.39 is 12.8 Å². The molecule has 1 unspecified atom stereocenters. The van der Waals surface area contributed by atoms with Crippen LogP contribution in [0.15, 0.2) is 0 Å². The van der Waals surface area contributed by atoms with E-state index in [4.69, 9.17) is 0 Å². The second kappa shape index (κ2) is 8.58. The van der Waals surface area contributed by atoms with Gasteiger partial charge in [0.25, 0.3) is 0 Å². The molecule has 1 fully saturated rings. The Morgan fingerprint density at radius 1 is 1.43 bits per heavy atom. The van der Waals surface area contributed by atoms with E-state index in [1.807, 2.05) is 13.8 Å². The minimum absolute atomic E-state index is 0.00444. The minimum Gasteiger partial charge on any atom is -0.372 e. The third-order valence-electron chi connectivity index (χ3n) is 3.27. The first-order valence-electron chi connectivity index (χ1n) is 7.43. The molecule has 4 nitrogen and oxygen atoms in total. The Balaban J connectivity index is 2.35. The first-order chi connectivity index (χ1) is 9.78. The van der Waals surface area contributed by atoms with Gasteiger partial charge in [-0.1, -0.05) is 13.8 Å². The number of amides is 1. The zero-order chi connectivity index (χ0) is 15.9. The number of nitrogens with one attached hydrogen (secondary N) is 1. The highest BCUT2D eigenvalue weighted by atomic mass is 19.4. The van der Waals surface area contributed by atoms with Gasteiger partial charge in [0.1, 0.15) is 6.61 Å². The quantitative estimate of drug-likeness (QED) is 0.699. The number of rotatable bonds is 8. The van der Waals surface area contributed by atoms with Crippen molar-refractivity contribution >= 4 is 5.91 Å². The molecule has 7 heteroatoms. The van der Waals surface area contributed by atoms with E-state index in [1.165, 1.54) is 0 Å². The molecule has 1 N–H and O–H groups in total. The number of hydrogen-bond acceptors (Lipinski definition) is 3. The second-order valence-electron chi connectivity index (χ2n) is 5.90. The summed E-state index contributed by atoms with van der Waals surface area (Å²) in [6.45, 7) is 4.75. The molecule has 0 aromatic carbocycles. The largest absolute Gasteiger partial charge is 0.411 e. The zero-order valence-electron chi connectivity index (χ0n) is 12.7. The van der Waals surface area contributed by atoms with E-state index in [9.17, 15) is 18.0 Å². The molecule has 0 aromatic heterocycles. The zero-order valence-corrected chi connectivity index (χ0v) is 12.7. The Kier molecular flexibility index (Phi) is 7.45. The van der Waals surface area contributed by atoms with Crippen LogP contribution in [0.4, 0.5) is 13.2 Å². The average Bonchev–Trinajstić information content (AvgIpc) is 2.84. The van der Waals surface area contributed by atoms with Crippen LogP contribution >= 0.6 is 0 Å². The first kappa shape index (κ1) is 18.2. The number of alkyl halides is 3. The first-order valence-corrected chi connectivity index (χ1v) is 7.43. The maximum atomic E-state index is 12.1. The highest BCUT2D eigenvalue weighted by Crippen LogP contribution is 2.15. The van der Waals surface area contributed by atoms with Crippen LogP contribution in [0.5, 0.6) is 0 Å². The number of carbonyl (C=O) groups is 1. The maximum absolute atomic E-state index is 12.1. The van der Waals surface area contributed by atoms with Crippen molar-refractivity contribution in [3.8, 4) is 0 Å². The fourth-order valence-corrected chi connectivity index (χ4v) is 2.40. The predicted molar refractivity (Wildman–Crippen MR) is 73.9 cm³/mol. The molecule has 1 heterocycles. The van der Waals surface area contributed by atoms with E-state index in [1.54, 1.807) is 4.90 Å². The molecule has 0 bridgehead atoms. The van der Waals surface area contributed by atoms with E-state index in [0.717, 1.165) is 19.4 Å². The van der Waals surface area contributed by atoms with Crippen LogP contribution in [0, 0.1) is 5.92 Å². The van der Waals surface area contributed by atoms with Crippen molar-refractivity contribution in [1.29, 1.82) is 0 Å². The fraction of sp³-hybridized carbons (Fsp3) is 0.929. The van der Waals surface area contributed by atoms with Crippen molar-refractivity contribution in [2.24, 2.45) is 5.92 Å². The van der Waals surface area contributed by atoms with Crippen molar-refractivity contribution in [2.45, 2.75) is 45.3 Å². The van der Waals surface area contributed by atoms with Crippen molar-refractivity contribution in [1.82, 2.24) is 10.2 Å². The third-order valence-corrected chi connectivity index (χ3v) is 3.27. The molecule has 1 atom stereocenters. The summed E-state index contributed by atoms with van der Waals surface area (Å²) in [7, 11) is 0. The molecule has 1 amide bonds. The Morgan fingerprint density at radius 2 is 2.14 bits per heavy atom.